The summed E-state index contributed by atoms with van der Waals surface area (Å²) in [5.41, 5.74) is 7.16. The summed E-state index contributed by atoms with van der Waals surface area (Å²) in [4.78, 5) is 36.1. The normalized spacial score (nSPS) is 11.5. The minimum absolute atomic E-state index is 0.313. The number of aryl methyl sites for hydroxylation is 1. The Labute approximate surface area is 344 Å². The van der Waals surface area contributed by atoms with Crippen LogP contribution in [0.5, 0.6) is 23.0 Å². The molecule has 0 bridgehead atoms. The SMILES string of the molecule is C=CC(=O)OCCCCOc1ccc(C=CC(=O)Oc2ccc(-c3ccc(C(C)=NN=Cc4ccc(OC(=O)C=Cc5ccc(C)cc5)c(OCC)c4)cc3)cc2)cc1. The molecule has 0 atom stereocenters. The van der Waals surface area contributed by atoms with Gasteiger partial charge in [0, 0.05) is 18.2 Å². The number of carbonyl (C=O) groups excluding carboxylic acids is 3. The van der Waals surface area contributed by atoms with Gasteiger partial charge in [0.1, 0.15) is 11.5 Å². The predicted octanol–water partition coefficient (Wildman–Crippen LogP) is 10.0. The lowest BCUT2D eigenvalue weighted by molar-refractivity contribution is -0.138. The fourth-order valence-electron chi connectivity index (χ4n) is 5.42. The van der Waals surface area contributed by atoms with E-state index in [2.05, 4.69) is 16.8 Å². The number of unbranched alkanes of at least 4 members (excludes halogenated alkanes) is 1. The highest BCUT2D eigenvalue weighted by Gasteiger charge is 2.10. The second-order valence-electron chi connectivity index (χ2n) is 13.1. The molecule has 0 aliphatic rings. The monoisotopic (exact) mass is 790 g/mol. The molecule has 0 amide bonds. The molecule has 0 spiro atoms. The van der Waals surface area contributed by atoms with Gasteiger partial charge in [-0.05, 0) is 122 Å². The molecule has 0 aliphatic heterocycles. The summed E-state index contributed by atoms with van der Waals surface area (Å²) in [6.07, 6.45) is 10.3. The van der Waals surface area contributed by atoms with Crippen molar-refractivity contribution in [2.24, 2.45) is 10.2 Å². The number of ether oxygens (including phenoxy) is 5. The van der Waals surface area contributed by atoms with Crippen LogP contribution in [0.3, 0.4) is 0 Å². The number of nitrogens with zero attached hydrogens (tertiary/aromatic N) is 2. The Balaban J connectivity index is 1.08. The largest absolute Gasteiger partial charge is 0.494 e. The molecular weight excluding hydrogens is 745 g/mol. The summed E-state index contributed by atoms with van der Waals surface area (Å²) in [6.45, 7) is 10.3. The predicted molar refractivity (Wildman–Crippen MR) is 232 cm³/mol. The molecule has 10 nitrogen and oxygen atoms in total. The van der Waals surface area contributed by atoms with Crippen molar-refractivity contribution in [3.63, 3.8) is 0 Å². The topological polar surface area (TPSA) is 122 Å². The van der Waals surface area contributed by atoms with Crippen LogP contribution in [0, 0.1) is 6.92 Å². The van der Waals surface area contributed by atoms with E-state index in [1.165, 1.54) is 12.2 Å². The lowest BCUT2D eigenvalue weighted by atomic mass is 10.0. The molecule has 0 heterocycles. The maximum Gasteiger partial charge on any atom is 0.336 e. The molecule has 0 saturated carbocycles. The Kier molecular flexibility index (Phi) is 16.3. The molecule has 300 valence electrons. The first kappa shape index (κ1) is 42.8. The van der Waals surface area contributed by atoms with Gasteiger partial charge < -0.3 is 23.7 Å². The van der Waals surface area contributed by atoms with Gasteiger partial charge in [0.05, 0.1) is 31.7 Å². The van der Waals surface area contributed by atoms with E-state index in [4.69, 9.17) is 23.7 Å². The maximum atomic E-state index is 12.5. The minimum atomic E-state index is -0.509. The number of hydrogen-bond donors (Lipinski definition) is 0. The van der Waals surface area contributed by atoms with Gasteiger partial charge in [0.15, 0.2) is 11.5 Å². The van der Waals surface area contributed by atoms with Gasteiger partial charge in [0.2, 0.25) is 0 Å². The molecule has 0 saturated heterocycles. The van der Waals surface area contributed by atoms with Crippen molar-refractivity contribution < 1.29 is 38.1 Å². The van der Waals surface area contributed by atoms with Crippen LogP contribution in [0.1, 0.15) is 54.5 Å². The fourth-order valence-corrected chi connectivity index (χ4v) is 5.42. The van der Waals surface area contributed by atoms with Gasteiger partial charge >= 0.3 is 17.9 Å². The first-order valence-electron chi connectivity index (χ1n) is 19.1. The Morgan fingerprint density at radius 2 is 1.20 bits per heavy atom. The molecule has 5 rings (SSSR count). The van der Waals surface area contributed by atoms with Crippen molar-refractivity contribution in [2.45, 2.75) is 33.6 Å². The van der Waals surface area contributed by atoms with Crippen LogP contribution in [0.2, 0.25) is 0 Å². The Morgan fingerprint density at radius 3 is 1.85 bits per heavy atom. The third-order valence-electron chi connectivity index (χ3n) is 8.60. The molecule has 0 unspecified atom stereocenters. The zero-order chi connectivity index (χ0) is 41.8. The first-order chi connectivity index (χ1) is 28.7. The quantitative estimate of drug-likeness (QED) is 0.0202. The third-order valence-corrected chi connectivity index (χ3v) is 8.60. The zero-order valence-electron chi connectivity index (χ0n) is 33.3. The number of hydrogen-bond acceptors (Lipinski definition) is 10. The first-order valence-corrected chi connectivity index (χ1v) is 19.1. The highest BCUT2D eigenvalue weighted by Crippen LogP contribution is 2.29. The van der Waals surface area contributed by atoms with E-state index in [1.807, 2.05) is 106 Å². The van der Waals surface area contributed by atoms with Gasteiger partial charge in [-0.1, -0.05) is 84.9 Å². The molecule has 0 aliphatic carbocycles. The average Bonchev–Trinajstić information content (AvgIpc) is 3.25. The molecule has 5 aromatic carbocycles. The third kappa shape index (κ3) is 14.3. The number of esters is 3. The van der Waals surface area contributed by atoms with Gasteiger partial charge in [-0.25, -0.2) is 14.4 Å². The lowest BCUT2D eigenvalue weighted by Crippen LogP contribution is -2.06. The average molecular weight is 791 g/mol. The molecular formula is C49H46N2O8. The van der Waals surface area contributed by atoms with E-state index in [9.17, 15) is 14.4 Å². The van der Waals surface area contributed by atoms with Crippen LogP contribution in [0.15, 0.2) is 150 Å². The van der Waals surface area contributed by atoms with Crippen molar-refractivity contribution in [1.29, 1.82) is 0 Å². The van der Waals surface area contributed by atoms with Crippen LogP contribution in [0.25, 0.3) is 23.3 Å². The second-order valence-corrected chi connectivity index (χ2v) is 13.1. The standard InChI is InChI=1S/C49H46N2O8/c1-5-47(52)57-32-8-7-31-56-43-24-13-38(14-25-43)16-29-48(53)58-44-26-22-42(23-27-44)41-20-18-40(19-21-41)36(4)51-50-34-39-15-28-45(46(33-39)55-6-2)59-49(54)30-17-37-11-9-35(3)10-12-37/h5,9-30,33-34H,1,6-8,31-32H2,2-4H3. The summed E-state index contributed by atoms with van der Waals surface area (Å²) in [5, 5.41) is 8.65. The van der Waals surface area contributed by atoms with Gasteiger partial charge in [-0.3, -0.25) is 0 Å². The zero-order valence-corrected chi connectivity index (χ0v) is 33.3. The summed E-state index contributed by atoms with van der Waals surface area (Å²) >= 11 is 0. The molecule has 0 radical (unpaired) electrons. The van der Waals surface area contributed by atoms with E-state index >= 15 is 0 Å². The van der Waals surface area contributed by atoms with Crippen LogP contribution < -0.4 is 18.9 Å². The molecule has 0 N–H and O–H groups in total. The molecule has 59 heavy (non-hydrogen) atoms. The van der Waals surface area contributed by atoms with Crippen molar-refractivity contribution in [3.8, 4) is 34.1 Å². The van der Waals surface area contributed by atoms with Crippen molar-refractivity contribution >= 4 is 42.0 Å². The van der Waals surface area contributed by atoms with Crippen LogP contribution in [-0.2, 0) is 19.1 Å². The lowest BCUT2D eigenvalue weighted by Gasteiger charge is -2.10. The van der Waals surface area contributed by atoms with Gasteiger partial charge in [-0.2, -0.15) is 10.2 Å². The minimum Gasteiger partial charge on any atom is -0.494 e. The highest BCUT2D eigenvalue weighted by molar-refractivity contribution is 5.99. The smallest absolute Gasteiger partial charge is 0.336 e. The summed E-state index contributed by atoms with van der Waals surface area (Å²) in [6, 6.07) is 35.6. The van der Waals surface area contributed by atoms with Crippen LogP contribution in [-0.4, -0.2) is 49.7 Å². The molecule has 10 heteroatoms. The van der Waals surface area contributed by atoms with E-state index in [0.29, 0.717) is 49.2 Å². The van der Waals surface area contributed by atoms with Gasteiger partial charge in [0.25, 0.3) is 0 Å². The molecule has 0 aromatic heterocycles. The van der Waals surface area contributed by atoms with Crippen LogP contribution >= 0.6 is 0 Å². The van der Waals surface area contributed by atoms with Crippen molar-refractivity contribution in [3.05, 3.63) is 168 Å². The number of benzene rings is 5. The van der Waals surface area contributed by atoms with Crippen molar-refractivity contribution in [2.75, 3.05) is 19.8 Å². The summed E-state index contributed by atoms with van der Waals surface area (Å²) in [5.74, 6) is 0.442. The van der Waals surface area contributed by atoms with E-state index < -0.39 is 17.9 Å². The summed E-state index contributed by atoms with van der Waals surface area (Å²) in [7, 11) is 0. The highest BCUT2D eigenvalue weighted by atomic mass is 16.6. The fraction of sp³-hybridized carbons (Fsp3) is 0.163. The van der Waals surface area contributed by atoms with Crippen LogP contribution in [0.4, 0.5) is 0 Å². The van der Waals surface area contributed by atoms with E-state index in [-0.39, 0.29) is 0 Å². The molecule has 0 fully saturated rings. The Bertz CT molecular complexity index is 2310. The van der Waals surface area contributed by atoms with Gasteiger partial charge in [-0.15, -0.1) is 0 Å². The number of rotatable bonds is 19. The summed E-state index contributed by atoms with van der Waals surface area (Å²) < 4.78 is 27.4. The van der Waals surface area contributed by atoms with E-state index in [0.717, 1.165) is 57.2 Å². The number of carbonyl (C=O) groups is 3. The Morgan fingerprint density at radius 1 is 0.627 bits per heavy atom. The van der Waals surface area contributed by atoms with E-state index in [1.54, 1.807) is 48.7 Å². The second kappa shape index (κ2) is 22.4. The molecule has 5 aromatic rings. The maximum absolute atomic E-state index is 12.5. The van der Waals surface area contributed by atoms with Crippen molar-refractivity contribution in [1.82, 2.24) is 0 Å². The Hall–Kier alpha value is -7.33.